The highest BCUT2D eigenvalue weighted by atomic mass is 19.4. The molecule has 1 aliphatic carbocycles. The van der Waals surface area contributed by atoms with E-state index in [1.165, 1.54) is 54.0 Å². The van der Waals surface area contributed by atoms with Crippen molar-refractivity contribution >= 4 is 29.3 Å². The van der Waals surface area contributed by atoms with Crippen LogP contribution in [0.5, 0.6) is 5.75 Å². The van der Waals surface area contributed by atoms with Gasteiger partial charge in [-0.05, 0) is 65.8 Å². The van der Waals surface area contributed by atoms with Crippen molar-refractivity contribution in [3.05, 3.63) is 89.5 Å². The van der Waals surface area contributed by atoms with Crippen LogP contribution >= 0.6 is 0 Å². The van der Waals surface area contributed by atoms with Crippen LogP contribution in [0.1, 0.15) is 60.0 Å². The Labute approximate surface area is 241 Å². The molecule has 0 radical (unpaired) electrons. The number of nitrogens with zero attached hydrogens (tertiary/aromatic N) is 3. The van der Waals surface area contributed by atoms with Crippen molar-refractivity contribution in [2.75, 3.05) is 10.2 Å². The highest BCUT2D eigenvalue weighted by Gasteiger charge is 2.31. The second-order valence-corrected chi connectivity index (χ2v) is 10.1. The fourth-order valence-electron chi connectivity index (χ4n) is 5.08. The minimum absolute atomic E-state index is 0.0890. The van der Waals surface area contributed by atoms with Crippen LogP contribution in [0.25, 0.3) is 0 Å². The molecule has 1 fully saturated rings. The van der Waals surface area contributed by atoms with E-state index >= 15 is 0 Å². The first-order chi connectivity index (χ1) is 20.0. The van der Waals surface area contributed by atoms with Gasteiger partial charge in [-0.25, -0.2) is 10.3 Å². The third kappa shape index (κ3) is 8.15. The number of amides is 3. The summed E-state index contributed by atoms with van der Waals surface area (Å²) in [6, 6.07) is 18.5. The Morgan fingerprint density at radius 2 is 1.74 bits per heavy atom. The topological polar surface area (TPSA) is 133 Å². The molecule has 2 unspecified atom stereocenters. The quantitative estimate of drug-likeness (QED) is 0.151. The molecule has 0 heterocycles. The predicted octanol–water partition coefficient (Wildman–Crippen LogP) is 7.60. The van der Waals surface area contributed by atoms with E-state index in [1.54, 1.807) is 12.1 Å². The van der Waals surface area contributed by atoms with E-state index in [4.69, 9.17) is 11.3 Å². The molecule has 0 aliphatic heterocycles. The van der Waals surface area contributed by atoms with Crippen molar-refractivity contribution in [3.8, 4) is 5.75 Å². The zero-order valence-corrected chi connectivity index (χ0v) is 22.9. The molecular weight excluding hydrogens is 549 g/mol. The standard InChI is InChI=1S/C30H31F3N6O3/c1-19-5-2-3-8-26(19)21-13-15-24(16-14-21)39(18-20-9-11-22(12-10-20)27(40)37-28(34)38-35)29(41)36-23-6-4-7-25(17-23)42-30(31,32)33/h4,6-7,9-17,19,26,35H,2-3,5,8,18H2,1H3,(H,36,41)(H2,34,37,40). The SMILES string of the molecule is CC1CCCCC1c1ccc(N(Cc2ccc(C(=O)N=C(N)N=N)cc2)C(=O)Nc2cccc(OC(F)(F)F)c2)cc1. The zero-order chi connectivity index (χ0) is 30.3. The Morgan fingerprint density at radius 1 is 1.05 bits per heavy atom. The Balaban J connectivity index is 1.59. The fourth-order valence-corrected chi connectivity index (χ4v) is 5.08. The van der Waals surface area contributed by atoms with Gasteiger partial charge in [0.15, 0.2) is 0 Å². The van der Waals surface area contributed by atoms with E-state index in [0.717, 1.165) is 18.6 Å². The fraction of sp³-hybridized carbons (Fsp3) is 0.300. The van der Waals surface area contributed by atoms with Gasteiger partial charge in [0.25, 0.3) is 5.91 Å². The number of anilines is 2. The maximum Gasteiger partial charge on any atom is 0.573 e. The molecule has 0 saturated heterocycles. The number of guanidine groups is 1. The number of rotatable bonds is 7. The molecule has 12 heteroatoms. The average molecular weight is 581 g/mol. The van der Waals surface area contributed by atoms with E-state index in [0.29, 0.717) is 23.1 Å². The van der Waals surface area contributed by atoms with Crippen LogP contribution in [0.2, 0.25) is 0 Å². The molecule has 0 aromatic heterocycles. The summed E-state index contributed by atoms with van der Waals surface area (Å²) in [5.41, 5.74) is 14.9. The minimum Gasteiger partial charge on any atom is -0.406 e. The number of ether oxygens (including phenoxy) is 1. The van der Waals surface area contributed by atoms with Crippen molar-refractivity contribution in [3.63, 3.8) is 0 Å². The van der Waals surface area contributed by atoms with Gasteiger partial charge in [-0.15, -0.1) is 18.3 Å². The maximum absolute atomic E-state index is 13.5. The van der Waals surface area contributed by atoms with E-state index in [-0.39, 0.29) is 17.8 Å². The van der Waals surface area contributed by atoms with E-state index in [1.807, 2.05) is 24.3 Å². The number of nitrogens with one attached hydrogen (secondary N) is 2. The van der Waals surface area contributed by atoms with Crippen LogP contribution in [0.3, 0.4) is 0 Å². The lowest BCUT2D eigenvalue weighted by Gasteiger charge is -2.30. The number of nitrogens with two attached hydrogens (primary N) is 1. The number of hydrogen-bond donors (Lipinski definition) is 3. The predicted molar refractivity (Wildman–Crippen MR) is 153 cm³/mol. The number of alkyl halides is 3. The highest BCUT2D eigenvalue weighted by Crippen LogP contribution is 2.38. The van der Waals surface area contributed by atoms with Gasteiger partial charge < -0.3 is 15.8 Å². The van der Waals surface area contributed by atoms with E-state index in [9.17, 15) is 22.8 Å². The molecule has 9 nitrogen and oxygen atoms in total. The molecule has 0 bridgehead atoms. The lowest BCUT2D eigenvalue weighted by Crippen LogP contribution is -2.34. The molecule has 3 aromatic carbocycles. The van der Waals surface area contributed by atoms with Crippen molar-refractivity contribution in [2.45, 2.75) is 51.4 Å². The smallest absolute Gasteiger partial charge is 0.406 e. The third-order valence-electron chi connectivity index (χ3n) is 7.18. The summed E-state index contributed by atoms with van der Waals surface area (Å²) in [6.45, 7) is 2.34. The molecule has 220 valence electrons. The lowest BCUT2D eigenvalue weighted by atomic mass is 9.76. The van der Waals surface area contributed by atoms with Crippen molar-refractivity contribution < 1.29 is 27.5 Å². The largest absolute Gasteiger partial charge is 0.573 e. The van der Waals surface area contributed by atoms with Gasteiger partial charge in [-0.1, -0.05) is 56.5 Å². The second kappa shape index (κ2) is 13.3. The highest BCUT2D eigenvalue weighted by molar-refractivity contribution is 6.03. The number of carbonyl (C=O) groups excluding carboxylic acids is 2. The summed E-state index contributed by atoms with van der Waals surface area (Å²) in [5, 5.41) is 5.56. The van der Waals surface area contributed by atoms with E-state index < -0.39 is 30.0 Å². The Kier molecular flexibility index (Phi) is 9.56. The Bertz CT molecular complexity index is 1440. The molecule has 1 aliphatic rings. The zero-order valence-electron chi connectivity index (χ0n) is 22.9. The summed E-state index contributed by atoms with van der Waals surface area (Å²) in [4.78, 5) is 30.7. The van der Waals surface area contributed by atoms with Gasteiger partial charge in [0, 0.05) is 23.0 Å². The molecule has 1 saturated carbocycles. The Morgan fingerprint density at radius 3 is 2.38 bits per heavy atom. The first-order valence-corrected chi connectivity index (χ1v) is 13.4. The monoisotopic (exact) mass is 580 g/mol. The number of halogens is 3. The minimum atomic E-state index is -4.87. The normalized spacial score (nSPS) is 17.3. The number of aliphatic imine (C=N–C) groups is 1. The van der Waals surface area contributed by atoms with Gasteiger partial charge in [0.2, 0.25) is 5.96 Å². The number of urea groups is 1. The Hall–Kier alpha value is -4.74. The van der Waals surface area contributed by atoms with Crippen molar-refractivity contribution in [1.29, 1.82) is 5.53 Å². The summed E-state index contributed by atoms with van der Waals surface area (Å²) >= 11 is 0. The first-order valence-electron chi connectivity index (χ1n) is 13.4. The maximum atomic E-state index is 13.5. The molecule has 2 atom stereocenters. The van der Waals surface area contributed by atoms with Crippen LogP contribution in [-0.2, 0) is 6.54 Å². The van der Waals surface area contributed by atoms with Crippen LogP contribution < -0.4 is 20.7 Å². The summed E-state index contributed by atoms with van der Waals surface area (Å²) in [6.07, 6.45) is -0.184. The van der Waals surface area contributed by atoms with Gasteiger partial charge in [0.05, 0.1) is 6.54 Å². The van der Waals surface area contributed by atoms with Gasteiger partial charge in [-0.2, -0.15) is 4.99 Å². The third-order valence-corrected chi connectivity index (χ3v) is 7.18. The number of hydrogen-bond acceptors (Lipinski definition) is 4. The van der Waals surface area contributed by atoms with Crippen LogP contribution in [0, 0.1) is 11.4 Å². The van der Waals surface area contributed by atoms with Gasteiger partial charge in [-0.3, -0.25) is 9.69 Å². The summed E-state index contributed by atoms with van der Waals surface area (Å²) < 4.78 is 42.1. The molecule has 42 heavy (non-hydrogen) atoms. The van der Waals surface area contributed by atoms with Crippen LogP contribution in [-0.4, -0.2) is 24.3 Å². The summed E-state index contributed by atoms with van der Waals surface area (Å²) in [5.74, 6) is -0.595. The van der Waals surface area contributed by atoms with Gasteiger partial charge >= 0.3 is 12.4 Å². The molecule has 3 amide bonds. The van der Waals surface area contributed by atoms with Crippen LogP contribution in [0.15, 0.2) is 82.9 Å². The average Bonchev–Trinajstić information content (AvgIpc) is 2.96. The molecule has 3 aromatic rings. The van der Waals surface area contributed by atoms with Crippen molar-refractivity contribution in [1.82, 2.24) is 0 Å². The van der Waals surface area contributed by atoms with E-state index in [2.05, 4.69) is 27.1 Å². The van der Waals surface area contributed by atoms with Crippen molar-refractivity contribution in [2.24, 2.45) is 21.8 Å². The second-order valence-electron chi connectivity index (χ2n) is 10.1. The molecule has 4 N–H and O–H groups in total. The van der Waals surface area contributed by atoms with Gasteiger partial charge in [0.1, 0.15) is 5.75 Å². The number of benzene rings is 3. The summed E-state index contributed by atoms with van der Waals surface area (Å²) in [7, 11) is 0. The molecular formula is C30H31F3N6O3. The van der Waals surface area contributed by atoms with Crippen LogP contribution in [0.4, 0.5) is 29.3 Å². The first kappa shape index (κ1) is 30.2. The lowest BCUT2D eigenvalue weighted by molar-refractivity contribution is -0.274. The molecule has 0 spiro atoms. The molecule has 4 rings (SSSR count). The number of carbonyl (C=O) groups is 2.